The van der Waals surface area contributed by atoms with Gasteiger partial charge in [-0.3, -0.25) is 4.90 Å². The molecule has 1 saturated carbocycles. The van der Waals surface area contributed by atoms with E-state index in [1.54, 1.807) is 0 Å². The monoisotopic (exact) mass is 291 g/mol. The van der Waals surface area contributed by atoms with Gasteiger partial charge in [0.15, 0.2) is 5.82 Å². The number of likely N-dealkylation sites (tertiary alicyclic amines) is 1. The third-order valence-electron chi connectivity index (χ3n) is 5.12. The smallest absolute Gasteiger partial charge is 0.168 e. The summed E-state index contributed by atoms with van der Waals surface area (Å²) < 4.78 is 2.16. The average Bonchev–Trinajstić information content (AvgIpc) is 3.06. The lowest BCUT2D eigenvalue weighted by molar-refractivity contribution is 0.145. The van der Waals surface area contributed by atoms with Crippen LogP contribution in [0.3, 0.4) is 0 Å². The first-order chi connectivity index (χ1) is 10.3. The minimum absolute atomic E-state index is 0.374. The molecule has 1 aromatic heterocycles. The molecule has 1 saturated heterocycles. The minimum atomic E-state index is 0.374. The van der Waals surface area contributed by atoms with Gasteiger partial charge < -0.3 is 0 Å². The van der Waals surface area contributed by atoms with Crippen molar-refractivity contribution in [3.8, 4) is 0 Å². The molecule has 2 heterocycles. The minimum Gasteiger partial charge on any atom is -0.293 e. The van der Waals surface area contributed by atoms with Crippen molar-refractivity contribution in [2.24, 2.45) is 5.92 Å². The number of aromatic nitrogens is 4. The lowest BCUT2D eigenvalue weighted by Gasteiger charge is -2.33. The zero-order valence-corrected chi connectivity index (χ0v) is 13.5. The zero-order chi connectivity index (χ0) is 14.7. The van der Waals surface area contributed by atoms with Crippen LogP contribution in [0.4, 0.5) is 0 Å². The molecule has 0 N–H and O–H groups in total. The van der Waals surface area contributed by atoms with E-state index in [2.05, 4.69) is 39.0 Å². The van der Waals surface area contributed by atoms with Crippen molar-refractivity contribution in [1.82, 2.24) is 25.1 Å². The summed E-state index contributed by atoms with van der Waals surface area (Å²) in [5.74, 6) is 1.66. The van der Waals surface area contributed by atoms with Crippen LogP contribution in [0.1, 0.15) is 83.1 Å². The molecule has 118 valence electrons. The summed E-state index contributed by atoms with van der Waals surface area (Å²) in [7, 11) is 0. The maximum Gasteiger partial charge on any atom is 0.168 e. The van der Waals surface area contributed by atoms with Crippen LogP contribution in [-0.4, -0.2) is 38.2 Å². The number of hydrogen-bond acceptors (Lipinski definition) is 4. The van der Waals surface area contributed by atoms with Crippen molar-refractivity contribution < 1.29 is 0 Å². The number of hydrogen-bond donors (Lipinski definition) is 0. The lowest BCUT2D eigenvalue weighted by Crippen LogP contribution is -2.35. The Morgan fingerprint density at radius 2 is 1.62 bits per heavy atom. The van der Waals surface area contributed by atoms with E-state index in [0.29, 0.717) is 18.0 Å². The van der Waals surface area contributed by atoms with Gasteiger partial charge in [0, 0.05) is 0 Å². The first-order valence-electron chi connectivity index (χ1n) is 8.79. The molecular formula is C16H29N5. The second kappa shape index (κ2) is 6.86. The highest BCUT2D eigenvalue weighted by Gasteiger charge is 2.32. The highest BCUT2D eigenvalue weighted by molar-refractivity contribution is 4.98. The molecule has 1 aromatic rings. The molecule has 0 amide bonds. The molecular weight excluding hydrogens is 262 g/mol. The maximum absolute atomic E-state index is 4.45. The second-order valence-electron chi connectivity index (χ2n) is 7.06. The normalized spacial score (nSPS) is 23.6. The first kappa shape index (κ1) is 14.9. The van der Waals surface area contributed by atoms with E-state index in [1.807, 2.05) is 0 Å². The van der Waals surface area contributed by atoms with Gasteiger partial charge in [-0.15, -0.1) is 5.10 Å². The van der Waals surface area contributed by atoms with E-state index in [4.69, 9.17) is 0 Å². The van der Waals surface area contributed by atoms with Crippen LogP contribution in [0.5, 0.6) is 0 Å². The fourth-order valence-corrected chi connectivity index (χ4v) is 4.06. The highest BCUT2D eigenvalue weighted by atomic mass is 15.6. The van der Waals surface area contributed by atoms with Gasteiger partial charge in [-0.25, -0.2) is 4.68 Å². The van der Waals surface area contributed by atoms with Crippen molar-refractivity contribution in [2.45, 2.75) is 77.3 Å². The third kappa shape index (κ3) is 3.28. The molecule has 1 atom stereocenters. The van der Waals surface area contributed by atoms with E-state index in [9.17, 15) is 0 Å². The van der Waals surface area contributed by atoms with Crippen molar-refractivity contribution in [3.05, 3.63) is 5.82 Å². The molecule has 3 rings (SSSR count). The van der Waals surface area contributed by atoms with Crippen molar-refractivity contribution in [1.29, 1.82) is 0 Å². The van der Waals surface area contributed by atoms with Gasteiger partial charge in [0.1, 0.15) is 0 Å². The lowest BCUT2D eigenvalue weighted by atomic mass is 10.0. The molecule has 5 heteroatoms. The van der Waals surface area contributed by atoms with Crippen LogP contribution in [0, 0.1) is 5.92 Å². The Kier molecular flexibility index (Phi) is 4.88. The van der Waals surface area contributed by atoms with Crippen LogP contribution >= 0.6 is 0 Å². The molecule has 1 aliphatic carbocycles. The van der Waals surface area contributed by atoms with Gasteiger partial charge in [0.25, 0.3) is 0 Å². The fourth-order valence-electron chi connectivity index (χ4n) is 4.06. The second-order valence-corrected chi connectivity index (χ2v) is 7.06. The fraction of sp³-hybridized carbons (Fsp3) is 0.938. The summed E-state index contributed by atoms with van der Waals surface area (Å²) in [6.45, 7) is 7.01. The molecule has 2 fully saturated rings. The van der Waals surface area contributed by atoms with Crippen LogP contribution in [0.25, 0.3) is 0 Å². The van der Waals surface area contributed by atoms with Gasteiger partial charge in [-0.05, 0) is 55.1 Å². The number of tetrazole rings is 1. The molecule has 1 aliphatic heterocycles. The van der Waals surface area contributed by atoms with E-state index in [0.717, 1.165) is 5.82 Å². The average molecular weight is 291 g/mol. The molecule has 0 radical (unpaired) electrons. The molecule has 0 spiro atoms. The Hall–Kier alpha value is -0.970. The molecule has 0 bridgehead atoms. The Bertz CT molecular complexity index is 428. The molecule has 21 heavy (non-hydrogen) atoms. The van der Waals surface area contributed by atoms with E-state index >= 15 is 0 Å². The molecule has 2 aliphatic rings. The summed E-state index contributed by atoms with van der Waals surface area (Å²) in [5, 5.41) is 12.8. The predicted octanol–water partition coefficient (Wildman–Crippen LogP) is 3.36. The van der Waals surface area contributed by atoms with E-state index in [-0.39, 0.29) is 0 Å². The van der Waals surface area contributed by atoms with Crippen molar-refractivity contribution >= 4 is 0 Å². The van der Waals surface area contributed by atoms with Gasteiger partial charge in [0.2, 0.25) is 0 Å². The standard InChI is InChI=1S/C16H29N5/c1-13(2)15(20-11-7-3-4-8-12-20)16-17-18-19-21(16)14-9-5-6-10-14/h13-15H,3-12H2,1-2H3. The first-order valence-corrected chi connectivity index (χ1v) is 8.79. The van der Waals surface area contributed by atoms with Crippen LogP contribution in [0.15, 0.2) is 0 Å². The SMILES string of the molecule is CC(C)C(c1nnnn1C1CCCC1)N1CCCCCC1. The molecule has 1 unspecified atom stereocenters. The quantitative estimate of drug-likeness (QED) is 0.853. The van der Waals surface area contributed by atoms with Gasteiger partial charge in [0.05, 0.1) is 12.1 Å². The van der Waals surface area contributed by atoms with E-state index in [1.165, 1.54) is 64.5 Å². The summed E-state index contributed by atoms with van der Waals surface area (Å²) >= 11 is 0. The third-order valence-corrected chi connectivity index (χ3v) is 5.12. The van der Waals surface area contributed by atoms with Gasteiger partial charge in [-0.1, -0.05) is 39.5 Å². The topological polar surface area (TPSA) is 46.8 Å². The number of rotatable bonds is 4. The maximum atomic E-state index is 4.45. The Labute approximate surface area is 128 Å². The van der Waals surface area contributed by atoms with E-state index < -0.39 is 0 Å². The van der Waals surface area contributed by atoms with Crippen molar-refractivity contribution in [3.63, 3.8) is 0 Å². The Morgan fingerprint density at radius 1 is 0.952 bits per heavy atom. The van der Waals surface area contributed by atoms with Crippen LogP contribution < -0.4 is 0 Å². The summed E-state index contributed by atoms with van der Waals surface area (Å²) in [6, 6.07) is 0.905. The molecule has 5 nitrogen and oxygen atoms in total. The summed E-state index contributed by atoms with van der Waals surface area (Å²) in [4.78, 5) is 2.63. The molecule has 0 aromatic carbocycles. The number of nitrogens with zero attached hydrogens (tertiary/aromatic N) is 5. The van der Waals surface area contributed by atoms with Crippen LogP contribution in [-0.2, 0) is 0 Å². The summed E-state index contributed by atoms with van der Waals surface area (Å²) in [5.41, 5.74) is 0. The Morgan fingerprint density at radius 3 is 2.24 bits per heavy atom. The van der Waals surface area contributed by atoms with Gasteiger partial charge in [-0.2, -0.15) is 0 Å². The highest BCUT2D eigenvalue weighted by Crippen LogP contribution is 2.34. The summed E-state index contributed by atoms with van der Waals surface area (Å²) in [6.07, 6.45) is 10.5. The predicted molar refractivity (Wildman–Crippen MR) is 82.9 cm³/mol. The Balaban J connectivity index is 1.84. The van der Waals surface area contributed by atoms with Crippen LogP contribution in [0.2, 0.25) is 0 Å². The van der Waals surface area contributed by atoms with Crippen molar-refractivity contribution in [2.75, 3.05) is 13.1 Å². The largest absolute Gasteiger partial charge is 0.293 e. The zero-order valence-electron chi connectivity index (χ0n) is 13.5. The van der Waals surface area contributed by atoms with Gasteiger partial charge >= 0.3 is 0 Å².